The number of carbonyl (C=O) groups is 3. The van der Waals surface area contributed by atoms with Crippen molar-refractivity contribution >= 4 is 17.8 Å². The minimum Gasteiger partial charge on any atom is -0.479 e. The van der Waals surface area contributed by atoms with Crippen LogP contribution in [0.2, 0.25) is 0 Å². The Kier molecular flexibility index (Phi) is 10.1. The SMILES string of the molecule is CC(=O)NC1C(O)[C@H](O)[C@H](CO)O[C@H]1O[C@@H]1C(CO)O[C@H](O)C(NC(C)=O)[C@H]1O[C@H](C)C(=O)O. The van der Waals surface area contributed by atoms with E-state index in [-0.39, 0.29) is 0 Å². The van der Waals surface area contributed by atoms with Crippen molar-refractivity contribution in [2.24, 2.45) is 0 Å². The van der Waals surface area contributed by atoms with E-state index in [1.54, 1.807) is 0 Å². The number of rotatable bonds is 9. The lowest BCUT2D eigenvalue weighted by molar-refractivity contribution is -0.333. The van der Waals surface area contributed by atoms with Crippen molar-refractivity contribution in [1.29, 1.82) is 0 Å². The van der Waals surface area contributed by atoms with Gasteiger partial charge in [-0.2, -0.15) is 0 Å². The van der Waals surface area contributed by atoms with E-state index in [1.165, 1.54) is 6.92 Å². The van der Waals surface area contributed by atoms with Gasteiger partial charge in [-0.15, -0.1) is 0 Å². The van der Waals surface area contributed by atoms with Crippen LogP contribution < -0.4 is 10.6 Å². The van der Waals surface area contributed by atoms with Crippen molar-refractivity contribution in [3.63, 3.8) is 0 Å². The van der Waals surface area contributed by atoms with Gasteiger partial charge in [0.05, 0.1) is 13.2 Å². The van der Waals surface area contributed by atoms with Crippen LogP contribution in [0.1, 0.15) is 20.8 Å². The lowest BCUT2D eigenvalue weighted by Crippen LogP contribution is -2.69. The molecule has 15 heteroatoms. The summed E-state index contributed by atoms with van der Waals surface area (Å²) < 4.78 is 22.3. The molecule has 0 aromatic rings. The molecule has 2 saturated heterocycles. The highest BCUT2D eigenvalue weighted by atomic mass is 16.7. The average Bonchev–Trinajstić information content (AvgIpc) is 2.76. The Hall–Kier alpha value is -1.95. The monoisotopic (exact) mass is 496 g/mol. The minimum absolute atomic E-state index is 0.616. The second kappa shape index (κ2) is 12.1. The fraction of sp³-hybridized carbons (Fsp3) is 0.842. The number of carbonyl (C=O) groups excluding carboxylic acids is 2. The predicted octanol–water partition coefficient (Wildman–Crippen LogP) is -4.61. The van der Waals surface area contributed by atoms with Gasteiger partial charge in [-0.05, 0) is 6.92 Å². The van der Waals surface area contributed by atoms with Crippen LogP contribution in [0.5, 0.6) is 0 Å². The van der Waals surface area contributed by atoms with E-state index >= 15 is 0 Å². The summed E-state index contributed by atoms with van der Waals surface area (Å²) in [5.74, 6) is -2.60. The molecule has 2 fully saturated rings. The molecule has 2 rings (SSSR count). The first kappa shape index (κ1) is 28.3. The molecule has 0 aromatic carbocycles. The maximum absolute atomic E-state index is 11.7. The second-order valence-electron chi connectivity index (χ2n) is 8.09. The van der Waals surface area contributed by atoms with Crippen LogP contribution in [-0.2, 0) is 33.3 Å². The van der Waals surface area contributed by atoms with E-state index in [0.717, 1.165) is 13.8 Å². The second-order valence-corrected chi connectivity index (χ2v) is 8.09. The van der Waals surface area contributed by atoms with Gasteiger partial charge in [0.15, 0.2) is 18.7 Å². The van der Waals surface area contributed by atoms with Crippen LogP contribution in [0.4, 0.5) is 0 Å². The quantitative estimate of drug-likeness (QED) is 0.150. The normalized spacial score (nSPS) is 39.2. The van der Waals surface area contributed by atoms with Gasteiger partial charge in [0.25, 0.3) is 0 Å². The van der Waals surface area contributed by atoms with Crippen molar-refractivity contribution < 1.29 is 64.0 Å². The van der Waals surface area contributed by atoms with Crippen molar-refractivity contribution in [3.05, 3.63) is 0 Å². The Bertz CT molecular complexity index is 724. The number of hydrogen-bond acceptors (Lipinski definition) is 12. The third-order valence-corrected chi connectivity index (χ3v) is 5.47. The Morgan fingerprint density at radius 3 is 1.94 bits per heavy atom. The molecule has 0 radical (unpaired) electrons. The summed E-state index contributed by atoms with van der Waals surface area (Å²) in [7, 11) is 0. The van der Waals surface area contributed by atoms with Crippen LogP contribution in [0.15, 0.2) is 0 Å². The zero-order valence-corrected chi connectivity index (χ0v) is 18.8. The number of ether oxygens (including phenoxy) is 4. The third-order valence-electron chi connectivity index (χ3n) is 5.47. The maximum Gasteiger partial charge on any atom is 0.332 e. The van der Waals surface area contributed by atoms with Crippen LogP contribution in [-0.4, -0.2) is 129 Å². The summed E-state index contributed by atoms with van der Waals surface area (Å²) in [5.41, 5.74) is 0. The number of carboxylic acid groups (broad SMARTS) is 1. The molecule has 2 amide bonds. The highest BCUT2D eigenvalue weighted by Crippen LogP contribution is 2.30. The van der Waals surface area contributed by atoms with E-state index < -0.39 is 98.4 Å². The Morgan fingerprint density at radius 1 is 0.882 bits per heavy atom. The molecule has 4 unspecified atom stereocenters. The summed E-state index contributed by atoms with van der Waals surface area (Å²) in [6.07, 6.45) is -13.5. The van der Waals surface area contributed by atoms with Gasteiger partial charge in [0, 0.05) is 13.8 Å². The van der Waals surface area contributed by atoms with E-state index in [4.69, 9.17) is 18.9 Å². The van der Waals surface area contributed by atoms with E-state index in [1.807, 2.05) is 0 Å². The molecule has 196 valence electrons. The van der Waals surface area contributed by atoms with Gasteiger partial charge in [0.2, 0.25) is 11.8 Å². The molecule has 0 aromatic heterocycles. The molecule has 2 aliphatic rings. The van der Waals surface area contributed by atoms with Crippen LogP contribution in [0, 0.1) is 0 Å². The smallest absolute Gasteiger partial charge is 0.332 e. The third kappa shape index (κ3) is 6.59. The highest BCUT2D eigenvalue weighted by Gasteiger charge is 2.52. The molecule has 11 atom stereocenters. The minimum atomic E-state index is -1.72. The summed E-state index contributed by atoms with van der Waals surface area (Å²) >= 11 is 0. The van der Waals surface area contributed by atoms with Crippen molar-refractivity contribution in [3.8, 4) is 0 Å². The number of nitrogens with one attached hydrogen (secondary N) is 2. The average molecular weight is 496 g/mol. The molecule has 0 spiro atoms. The number of carboxylic acids is 1. The number of aliphatic hydroxyl groups is 5. The Labute approximate surface area is 194 Å². The van der Waals surface area contributed by atoms with Gasteiger partial charge >= 0.3 is 5.97 Å². The molecular weight excluding hydrogens is 464 g/mol. The van der Waals surface area contributed by atoms with E-state index in [9.17, 15) is 45.0 Å². The van der Waals surface area contributed by atoms with Gasteiger partial charge in [-0.25, -0.2) is 4.79 Å². The number of aliphatic hydroxyl groups excluding tert-OH is 5. The first-order valence-electron chi connectivity index (χ1n) is 10.6. The van der Waals surface area contributed by atoms with Crippen molar-refractivity contribution in [2.45, 2.75) is 88.2 Å². The van der Waals surface area contributed by atoms with Gasteiger partial charge < -0.3 is 60.2 Å². The van der Waals surface area contributed by atoms with Crippen molar-refractivity contribution in [2.75, 3.05) is 13.2 Å². The van der Waals surface area contributed by atoms with E-state index in [0.29, 0.717) is 0 Å². The molecule has 15 nitrogen and oxygen atoms in total. The Balaban J connectivity index is 2.44. The maximum atomic E-state index is 11.7. The lowest BCUT2D eigenvalue weighted by atomic mass is 9.94. The molecule has 2 heterocycles. The first-order valence-corrected chi connectivity index (χ1v) is 10.6. The number of hydrogen-bond donors (Lipinski definition) is 8. The zero-order valence-electron chi connectivity index (χ0n) is 18.8. The molecule has 0 saturated carbocycles. The van der Waals surface area contributed by atoms with Crippen molar-refractivity contribution in [1.82, 2.24) is 10.6 Å². The number of amides is 2. The molecule has 34 heavy (non-hydrogen) atoms. The zero-order chi connectivity index (χ0) is 25.7. The fourth-order valence-corrected chi connectivity index (χ4v) is 3.82. The standard InChI is InChI=1S/C19H32N2O13/c1-6(17(28)29)31-16-12(21-8(3)25)18(30)32-10(5-23)15(16)34-19-11(20-7(2)24)14(27)13(26)9(4-22)33-19/h6,9-16,18-19,22-23,26-27,30H,4-5H2,1-3H3,(H,20,24)(H,21,25)(H,28,29)/t6-,9+,10?,11?,12?,13-,14?,15-,16-,18+,19+/m1/s1. The summed E-state index contributed by atoms with van der Waals surface area (Å²) in [5, 5.41) is 64.4. The fourth-order valence-electron chi connectivity index (χ4n) is 3.82. The number of aliphatic carboxylic acids is 1. The molecule has 0 aliphatic carbocycles. The highest BCUT2D eigenvalue weighted by molar-refractivity contribution is 5.74. The molecule has 0 bridgehead atoms. The predicted molar refractivity (Wildman–Crippen MR) is 108 cm³/mol. The van der Waals surface area contributed by atoms with E-state index in [2.05, 4.69) is 10.6 Å². The van der Waals surface area contributed by atoms with Gasteiger partial charge in [-0.3, -0.25) is 9.59 Å². The van der Waals surface area contributed by atoms with Gasteiger partial charge in [-0.1, -0.05) is 0 Å². The molecule has 8 N–H and O–H groups in total. The first-order chi connectivity index (χ1) is 15.9. The molecular formula is C19H32N2O13. The lowest BCUT2D eigenvalue weighted by Gasteiger charge is -2.48. The summed E-state index contributed by atoms with van der Waals surface area (Å²) in [4.78, 5) is 34.8. The van der Waals surface area contributed by atoms with Crippen LogP contribution in [0.25, 0.3) is 0 Å². The van der Waals surface area contributed by atoms with Crippen LogP contribution >= 0.6 is 0 Å². The largest absolute Gasteiger partial charge is 0.479 e. The molecule has 2 aliphatic heterocycles. The Morgan fingerprint density at radius 2 is 1.44 bits per heavy atom. The van der Waals surface area contributed by atoms with Gasteiger partial charge in [0.1, 0.15) is 48.7 Å². The summed E-state index contributed by atoms with van der Waals surface area (Å²) in [6.45, 7) is 2.00. The topological polar surface area (TPSA) is 234 Å². The summed E-state index contributed by atoms with van der Waals surface area (Å²) in [6, 6.07) is -2.71. The van der Waals surface area contributed by atoms with Crippen LogP contribution in [0.3, 0.4) is 0 Å².